The minimum Gasteiger partial charge on any atom is -0.316 e. The van der Waals surface area contributed by atoms with Crippen LogP contribution in [0.1, 0.15) is 46.0 Å². The minimum absolute atomic E-state index is 0.576. The first kappa shape index (κ1) is 12.4. The summed E-state index contributed by atoms with van der Waals surface area (Å²) < 4.78 is 0. The normalized spacial score (nSPS) is 32.2. The van der Waals surface area contributed by atoms with Gasteiger partial charge in [-0.25, -0.2) is 0 Å². The zero-order valence-corrected chi connectivity index (χ0v) is 11.3. The Kier molecular flexibility index (Phi) is 3.91. The van der Waals surface area contributed by atoms with Gasteiger partial charge in [-0.1, -0.05) is 13.3 Å². The van der Waals surface area contributed by atoms with Crippen molar-refractivity contribution < 1.29 is 0 Å². The number of hydrogen-bond donors (Lipinski definition) is 1. The Labute approximate surface area is 101 Å². The molecule has 2 fully saturated rings. The standard InChI is InChI=1S/C14H28N2/c1-4-7-14(8-9-15-10-14)11-16(3)12(2)13-5-6-13/h12-13,15H,4-11H2,1-3H3. The fourth-order valence-corrected chi connectivity index (χ4v) is 3.36. The molecule has 1 N–H and O–H groups in total. The second-order valence-electron chi connectivity index (χ2n) is 6.17. The smallest absolute Gasteiger partial charge is 0.00923 e. The van der Waals surface area contributed by atoms with Gasteiger partial charge in [0.1, 0.15) is 0 Å². The summed E-state index contributed by atoms with van der Waals surface area (Å²) in [7, 11) is 2.33. The molecule has 2 atom stereocenters. The Morgan fingerprint density at radius 3 is 2.69 bits per heavy atom. The molecule has 1 saturated carbocycles. The summed E-state index contributed by atoms with van der Waals surface area (Å²) in [4.78, 5) is 2.63. The van der Waals surface area contributed by atoms with Crippen LogP contribution in [0.4, 0.5) is 0 Å². The average Bonchev–Trinajstić information content (AvgIpc) is 3.01. The maximum Gasteiger partial charge on any atom is 0.00923 e. The molecule has 2 rings (SSSR count). The number of hydrogen-bond acceptors (Lipinski definition) is 2. The lowest BCUT2D eigenvalue weighted by Crippen LogP contribution is -2.42. The minimum atomic E-state index is 0.576. The monoisotopic (exact) mass is 224 g/mol. The highest BCUT2D eigenvalue weighted by Crippen LogP contribution is 2.37. The summed E-state index contributed by atoms with van der Waals surface area (Å²) in [6.07, 6.45) is 7.02. The zero-order chi connectivity index (χ0) is 11.6. The van der Waals surface area contributed by atoms with Crippen molar-refractivity contribution in [1.29, 1.82) is 0 Å². The third-order valence-corrected chi connectivity index (χ3v) is 4.70. The van der Waals surface area contributed by atoms with Crippen LogP contribution in [-0.2, 0) is 0 Å². The SMILES string of the molecule is CCCC1(CN(C)C(C)C2CC2)CCNC1. The van der Waals surface area contributed by atoms with Gasteiger partial charge in [0.2, 0.25) is 0 Å². The molecule has 0 aromatic rings. The Morgan fingerprint density at radius 2 is 2.19 bits per heavy atom. The molecule has 1 heterocycles. The first-order valence-electron chi connectivity index (χ1n) is 7.08. The number of nitrogens with zero attached hydrogens (tertiary/aromatic N) is 1. The second kappa shape index (κ2) is 5.05. The van der Waals surface area contributed by atoms with Crippen LogP contribution in [0.5, 0.6) is 0 Å². The van der Waals surface area contributed by atoms with Crippen LogP contribution in [0, 0.1) is 11.3 Å². The zero-order valence-electron chi connectivity index (χ0n) is 11.3. The van der Waals surface area contributed by atoms with Crippen LogP contribution in [0.25, 0.3) is 0 Å². The highest BCUT2D eigenvalue weighted by Gasteiger charge is 2.37. The van der Waals surface area contributed by atoms with Gasteiger partial charge in [0.15, 0.2) is 0 Å². The predicted octanol–water partition coefficient (Wildman–Crippen LogP) is 2.50. The van der Waals surface area contributed by atoms with Crippen LogP contribution < -0.4 is 5.32 Å². The largest absolute Gasteiger partial charge is 0.316 e. The molecule has 2 aliphatic rings. The predicted molar refractivity (Wildman–Crippen MR) is 69.6 cm³/mol. The third kappa shape index (κ3) is 2.78. The van der Waals surface area contributed by atoms with Gasteiger partial charge in [-0.15, -0.1) is 0 Å². The van der Waals surface area contributed by atoms with Gasteiger partial charge in [-0.2, -0.15) is 0 Å². The van der Waals surface area contributed by atoms with E-state index < -0.39 is 0 Å². The van der Waals surface area contributed by atoms with Crippen molar-refractivity contribution in [2.24, 2.45) is 11.3 Å². The van der Waals surface area contributed by atoms with E-state index in [1.165, 1.54) is 51.7 Å². The summed E-state index contributed by atoms with van der Waals surface area (Å²) in [5, 5.41) is 3.56. The summed E-state index contributed by atoms with van der Waals surface area (Å²) in [6, 6.07) is 0.800. The van der Waals surface area contributed by atoms with E-state index in [4.69, 9.17) is 0 Å². The van der Waals surface area contributed by atoms with Crippen molar-refractivity contribution in [3.63, 3.8) is 0 Å². The summed E-state index contributed by atoms with van der Waals surface area (Å²) in [5.74, 6) is 0.998. The summed E-state index contributed by atoms with van der Waals surface area (Å²) in [6.45, 7) is 8.50. The van der Waals surface area contributed by atoms with Crippen LogP contribution >= 0.6 is 0 Å². The topological polar surface area (TPSA) is 15.3 Å². The van der Waals surface area contributed by atoms with E-state index in [0.29, 0.717) is 5.41 Å². The van der Waals surface area contributed by atoms with Crippen LogP contribution in [0.3, 0.4) is 0 Å². The Hall–Kier alpha value is -0.0800. The first-order chi connectivity index (χ1) is 7.67. The van der Waals surface area contributed by atoms with Gasteiger partial charge >= 0.3 is 0 Å². The van der Waals surface area contributed by atoms with Gasteiger partial charge in [0.05, 0.1) is 0 Å². The number of rotatable bonds is 6. The molecule has 0 aromatic heterocycles. The lowest BCUT2D eigenvalue weighted by atomic mass is 9.81. The van der Waals surface area contributed by atoms with Gasteiger partial charge in [-0.05, 0) is 57.5 Å². The molecule has 1 aliphatic heterocycles. The molecule has 0 radical (unpaired) electrons. The van der Waals surface area contributed by atoms with Gasteiger partial charge in [0, 0.05) is 19.1 Å². The molecular formula is C14H28N2. The average molecular weight is 224 g/mol. The fraction of sp³-hybridized carbons (Fsp3) is 1.00. The van der Waals surface area contributed by atoms with Crippen molar-refractivity contribution in [1.82, 2.24) is 10.2 Å². The van der Waals surface area contributed by atoms with Crippen molar-refractivity contribution >= 4 is 0 Å². The molecule has 16 heavy (non-hydrogen) atoms. The van der Waals surface area contributed by atoms with E-state index in [-0.39, 0.29) is 0 Å². The third-order valence-electron chi connectivity index (χ3n) is 4.70. The first-order valence-corrected chi connectivity index (χ1v) is 7.08. The van der Waals surface area contributed by atoms with E-state index in [1.807, 2.05) is 0 Å². The van der Waals surface area contributed by atoms with E-state index in [0.717, 1.165) is 12.0 Å². The Bertz CT molecular complexity index is 217. The van der Waals surface area contributed by atoms with Crippen molar-refractivity contribution in [2.75, 3.05) is 26.7 Å². The van der Waals surface area contributed by atoms with E-state index in [9.17, 15) is 0 Å². The maximum atomic E-state index is 3.56. The fourth-order valence-electron chi connectivity index (χ4n) is 3.36. The number of nitrogens with one attached hydrogen (secondary N) is 1. The molecule has 0 amide bonds. The second-order valence-corrected chi connectivity index (χ2v) is 6.17. The van der Waals surface area contributed by atoms with E-state index in [1.54, 1.807) is 0 Å². The van der Waals surface area contributed by atoms with Crippen molar-refractivity contribution in [3.8, 4) is 0 Å². The molecule has 1 saturated heterocycles. The molecule has 0 bridgehead atoms. The molecular weight excluding hydrogens is 196 g/mol. The van der Waals surface area contributed by atoms with Crippen LogP contribution in [0.2, 0.25) is 0 Å². The molecule has 94 valence electrons. The van der Waals surface area contributed by atoms with E-state index in [2.05, 4.69) is 31.1 Å². The van der Waals surface area contributed by atoms with Crippen molar-refractivity contribution in [3.05, 3.63) is 0 Å². The van der Waals surface area contributed by atoms with Gasteiger partial charge in [-0.3, -0.25) is 0 Å². The Balaban J connectivity index is 1.88. The summed E-state index contributed by atoms with van der Waals surface area (Å²) >= 11 is 0. The molecule has 2 unspecified atom stereocenters. The molecule has 2 heteroatoms. The van der Waals surface area contributed by atoms with Gasteiger partial charge < -0.3 is 10.2 Å². The molecule has 1 aliphatic carbocycles. The quantitative estimate of drug-likeness (QED) is 0.746. The molecule has 2 nitrogen and oxygen atoms in total. The highest BCUT2D eigenvalue weighted by molar-refractivity contribution is 4.92. The molecule has 0 aromatic carbocycles. The van der Waals surface area contributed by atoms with E-state index >= 15 is 0 Å². The van der Waals surface area contributed by atoms with Crippen LogP contribution in [-0.4, -0.2) is 37.6 Å². The Morgan fingerprint density at radius 1 is 1.44 bits per heavy atom. The lowest BCUT2D eigenvalue weighted by molar-refractivity contribution is 0.134. The highest BCUT2D eigenvalue weighted by atomic mass is 15.1. The van der Waals surface area contributed by atoms with Crippen LogP contribution in [0.15, 0.2) is 0 Å². The summed E-state index contributed by atoms with van der Waals surface area (Å²) in [5.41, 5.74) is 0.576. The van der Waals surface area contributed by atoms with Gasteiger partial charge in [0.25, 0.3) is 0 Å². The lowest BCUT2D eigenvalue weighted by Gasteiger charge is -2.36. The van der Waals surface area contributed by atoms with Crippen molar-refractivity contribution in [2.45, 2.75) is 52.0 Å². The maximum absolute atomic E-state index is 3.56. The molecule has 0 spiro atoms.